The maximum absolute atomic E-state index is 14.1. The standard InChI is InChI=1S/C15H16FN5O2/c16-10-5-1-2-6-11(10)21-14(9-4-3-7-18-15(9)23)19-13(20-21)8-12(17)22/h1-2,5-6,9H,3-4,7-8H2,(H2,17,22)(H,18,23). The number of aromatic nitrogens is 3. The van der Waals surface area contributed by atoms with Gasteiger partial charge in [-0.2, -0.15) is 5.10 Å². The molecule has 1 aliphatic heterocycles. The highest BCUT2D eigenvalue weighted by Crippen LogP contribution is 2.26. The lowest BCUT2D eigenvalue weighted by atomic mass is 9.97. The summed E-state index contributed by atoms with van der Waals surface area (Å²) in [4.78, 5) is 27.5. The molecule has 0 bridgehead atoms. The Kier molecular flexibility index (Phi) is 4.05. The number of nitrogens with one attached hydrogen (secondary N) is 1. The van der Waals surface area contributed by atoms with Gasteiger partial charge in [0.1, 0.15) is 17.3 Å². The van der Waals surface area contributed by atoms with Gasteiger partial charge in [0.15, 0.2) is 5.82 Å². The fourth-order valence-electron chi connectivity index (χ4n) is 2.64. The van der Waals surface area contributed by atoms with Gasteiger partial charge in [-0.25, -0.2) is 14.1 Å². The Bertz CT molecular complexity index is 758. The van der Waals surface area contributed by atoms with Crippen LogP contribution in [-0.4, -0.2) is 33.1 Å². The summed E-state index contributed by atoms with van der Waals surface area (Å²) in [6.45, 7) is 0.608. The molecule has 2 heterocycles. The summed E-state index contributed by atoms with van der Waals surface area (Å²) in [6, 6.07) is 6.07. The van der Waals surface area contributed by atoms with Crippen LogP contribution in [0.4, 0.5) is 4.39 Å². The highest BCUT2D eigenvalue weighted by molar-refractivity contribution is 5.83. The molecule has 1 saturated heterocycles. The summed E-state index contributed by atoms with van der Waals surface area (Å²) in [6.07, 6.45) is 1.23. The van der Waals surface area contributed by atoms with Gasteiger partial charge in [-0.1, -0.05) is 12.1 Å². The number of amides is 2. The maximum atomic E-state index is 14.1. The van der Waals surface area contributed by atoms with Gasteiger partial charge in [-0.05, 0) is 25.0 Å². The molecule has 1 atom stereocenters. The van der Waals surface area contributed by atoms with Crippen LogP contribution in [0.3, 0.4) is 0 Å². The number of hydrogen-bond donors (Lipinski definition) is 2. The summed E-state index contributed by atoms with van der Waals surface area (Å²) in [5.41, 5.74) is 5.36. The van der Waals surface area contributed by atoms with Crippen molar-refractivity contribution < 1.29 is 14.0 Å². The topological polar surface area (TPSA) is 103 Å². The minimum Gasteiger partial charge on any atom is -0.369 e. The van der Waals surface area contributed by atoms with Crippen molar-refractivity contribution in [3.8, 4) is 5.69 Å². The van der Waals surface area contributed by atoms with E-state index in [0.29, 0.717) is 18.8 Å². The normalized spacial score (nSPS) is 17.8. The first kappa shape index (κ1) is 15.1. The van der Waals surface area contributed by atoms with Crippen molar-refractivity contribution in [2.45, 2.75) is 25.2 Å². The van der Waals surface area contributed by atoms with Crippen molar-refractivity contribution in [3.05, 3.63) is 41.7 Å². The zero-order valence-corrected chi connectivity index (χ0v) is 12.3. The van der Waals surface area contributed by atoms with E-state index in [1.165, 1.54) is 10.7 Å². The van der Waals surface area contributed by atoms with Crippen molar-refractivity contribution >= 4 is 11.8 Å². The predicted octanol–water partition coefficient (Wildman–Crippen LogP) is 0.428. The van der Waals surface area contributed by atoms with Gasteiger partial charge < -0.3 is 11.1 Å². The number of carbonyl (C=O) groups is 2. The predicted molar refractivity (Wildman–Crippen MR) is 79.2 cm³/mol. The lowest BCUT2D eigenvalue weighted by molar-refractivity contribution is -0.124. The molecule has 8 heteroatoms. The van der Waals surface area contributed by atoms with Crippen molar-refractivity contribution in [1.82, 2.24) is 20.1 Å². The van der Waals surface area contributed by atoms with Crippen molar-refractivity contribution in [2.24, 2.45) is 5.73 Å². The number of primary amides is 1. The van der Waals surface area contributed by atoms with E-state index in [0.717, 1.165) is 6.42 Å². The zero-order chi connectivity index (χ0) is 16.4. The Morgan fingerprint density at radius 1 is 1.43 bits per heavy atom. The fourth-order valence-corrected chi connectivity index (χ4v) is 2.64. The van der Waals surface area contributed by atoms with Crippen LogP contribution in [0.2, 0.25) is 0 Å². The van der Waals surface area contributed by atoms with E-state index in [1.54, 1.807) is 18.2 Å². The lowest BCUT2D eigenvalue weighted by Gasteiger charge is -2.21. The third kappa shape index (κ3) is 3.05. The first-order chi connectivity index (χ1) is 11.1. The molecular weight excluding hydrogens is 301 g/mol. The van der Waals surface area contributed by atoms with E-state index in [-0.39, 0.29) is 23.8 Å². The average Bonchev–Trinajstić information content (AvgIpc) is 2.90. The van der Waals surface area contributed by atoms with Gasteiger partial charge in [0.25, 0.3) is 0 Å². The minimum absolute atomic E-state index is 0.164. The number of hydrogen-bond acceptors (Lipinski definition) is 4. The molecule has 1 aromatic carbocycles. The number of halogens is 1. The molecule has 3 N–H and O–H groups in total. The van der Waals surface area contributed by atoms with Crippen LogP contribution in [0.5, 0.6) is 0 Å². The molecule has 1 unspecified atom stereocenters. The molecule has 1 aromatic heterocycles. The SMILES string of the molecule is NC(=O)Cc1nc(C2CCCNC2=O)n(-c2ccccc2F)n1. The zero-order valence-electron chi connectivity index (χ0n) is 12.3. The van der Waals surface area contributed by atoms with Crippen molar-refractivity contribution in [1.29, 1.82) is 0 Å². The molecule has 3 rings (SSSR count). The van der Waals surface area contributed by atoms with E-state index in [2.05, 4.69) is 15.4 Å². The maximum Gasteiger partial charge on any atom is 0.230 e. The highest BCUT2D eigenvalue weighted by atomic mass is 19.1. The third-order valence-corrected chi connectivity index (χ3v) is 3.69. The second-order valence-electron chi connectivity index (χ2n) is 5.38. The van der Waals surface area contributed by atoms with Crippen LogP contribution in [0.25, 0.3) is 5.69 Å². The summed E-state index contributed by atoms with van der Waals surface area (Å²) in [5.74, 6) is -1.28. The second kappa shape index (κ2) is 6.15. The molecule has 1 aliphatic rings. The van der Waals surface area contributed by atoms with Crippen molar-refractivity contribution in [3.63, 3.8) is 0 Å². The monoisotopic (exact) mass is 317 g/mol. The minimum atomic E-state index is -0.588. The molecule has 0 aliphatic carbocycles. The molecule has 0 saturated carbocycles. The van der Waals surface area contributed by atoms with E-state index in [9.17, 15) is 14.0 Å². The largest absolute Gasteiger partial charge is 0.369 e. The molecule has 2 amide bonds. The van der Waals surface area contributed by atoms with Crippen LogP contribution in [-0.2, 0) is 16.0 Å². The number of nitrogens with zero attached hydrogens (tertiary/aromatic N) is 3. The van der Waals surface area contributed by atoms with Crippen LogP contribution < -0.4 is 11.1 Å². The number of para-hydroxylation sites is 1. The summed E-state index contributed by atoms with van der Waals surface area (Å²) < 4.78 is 15.4. The molecule has 0 radical (unpaired) electrons. The number of piperidine rings is 1. The Morgan fingerprint density at radius 3 is 2.91 bits per heavy atom. The summed E-state index contributed by atoms with van der Waals surface area (Å²) in [5, 5.41) is 6.94. The first-order valence-electron chi connectivity index (χ1n) is 7.33. The van der Waals surface area contributed by atoms with Crippen molar-refractivity contribution in [2.75, 3.05) is 6.54 Å². The summed E-state index contributed by atoms with van der Waals surface area (Å²) in [7, 11) is 0. The molecule has 1 fully saturated rings. The van der Waals surface area contributed by atoms with E-state index in [1.807, 2.05) is 0 Å². The fraction of sp³-hybridized carbons (Fsp3) is 0.333. The van der Waals surface area contributed by atoms with Crippen LogP contribution >= 0.6 is 0 Å². The molecular formula is C15H16FN5O2. The molecule has 2 aromatic rings. The van der Waals surface area contributed by atoms with E-state index < -0.39 is 17.6 Å². The van der Waals surface area contributed by atoms with Crippen LogP contribution in [0, 0.1) is 5.82 Å². The number of carbonyl (C=O) groups excluding carboxylic acids is 2. The Hall–Kier alpha value is -2.77. The molecule has 7 nitrogen and oxygen atoms in total. The van der Waals surface area contributed by atoms with Gasteiger partial charge in [-0.15, -0.1) is 0 Å². The Labute approximate surface area is 131 Å². The molecule has 23 heavy (non-hydrogen) atoms. The Morgan fingerprint density at radius 2 is 2.22 bits per heavy atom. The lowest BCUT2D eigenvalue weighted by Crippen LogP contribution is -2.36. The molecule has 0 spiro atoms. The smallest absolute Gasteiger partial charge is 0.230 e. The van der Waals surface area contributed by atoms with Gasteiger partial charge >= 0.3 is 0 Å². The number of benzene rings is 1. The van der Waals surface area contributed by atoms with Gasteiger partial charge in [0, 0.05) is 6.54 Å². The average molecular weight is 317 g/mol. The quantitative estimate of drug-likeness (QED) is 0.853. The van der Waals surface area contributed by atoms with E-state index in [4.69, 9.17) is 5.73 Å². The highest BCUT2D eigenvalue weighted by Gasteiger charge is 2.30. The van der Waals surface area contributed by atoms with Gasteiger partial charge in [0.2, 0.25) is 11.8 Å². The van der Waals surface area contributed by atoms with Gasteiger partial charge in [0.05, 0.1) is 12.3 Å². The second-order valence-corrected chi connectivity index (χ2v) is 5.38. The number of nitrogens with two attached hydrogens (primary N) is 1. The van der Waals surface area contributed by atoms with Gasteiger partial charge in [-0.3, -0.25) is 9.59 Å². The number of rotatable bonds is 4. The van der Waals surface area contributed by atoms with E-state index >= 15 is 0 Å². The third-order valence-electron chi connectivity index (χ3n) is 3.69. The van der Waals surface area contributed by atoms with Crippen LogP contribution in [0.15, 0.2) is 24.3 Å². The first-order valence-corrected chi connectivity index (χ1v) is 7.33. The molecule has 120 valence electrons. The summed E-state index contributed by atoms with van der Waals surface area (Å²) >= 11 is 0. The Balaban J connectivity index is 2.09. The van der Waals surface area contributed by atoms with Crippen LogP contribution in [0.1, 0.15) is 30.4 Å².